The highest BCUT2D eigenvalue weighted by atomic mass is 16.3. The molecule has 11 heavy (non-hydrogen) atoms. The maximum absolute atomic E-state index is 8.64. The lowest BCUT2D eigenvalue weighted by atomic mass is 10.4. The van der Waals surface area contributed by atoms with E-state index in [1.165, 1.54) is 0 Å². The minimum Gasteiger partial charge on any atom is -0.395 e. The fraction of sp³-hybridized carbons (Fsp3) is 0.286. The van der Waals surface area contributed by atoms with Crippen molar-refractivity contribution >= 4 is 0 Å². The normalized spacial score (nSPS) is 11.9. The van der Waals surface area contributed by atoms with E-state index in [1.54, 1.807) is 10.6 Å². The van der Waals surface area contributed by atoms with Crippen LogP contribution in [-0.2, 0) is 6.54 Å². The molecule has 0 aliphatic carbocycles. The Morgan fingerprint density at radius 1 is 1.55 bits per heavy atom. The minimum atomic E-state index is 0.0944. The minimum absolute atomic E-state index is 0.0944. The van der Waals surface area contributed by atoms with Crippen LogP contribution in [0.5, 0.6) is 0 Å². The van der Waals surface area contributed by atoms with Crippen LogP contribution in [-0.4, -0.2) is 16.3 Å². The molecule has 0 spiro atoms. The highest BCUT2D eigenvalue weighted by molar-refractivity contribution is 4.92. The molecule has 0 radical (unpaired) electrons. The van der Waals surface area contributed by atoms with E-state index in [-0.39, 0.29) is 6.61 Å². The third kappa shape index (κ3) is 1.81. The summed E-state index contributed by atoms with van der Waals surface area (Å²) in [6.45, 7) is 0.619. The third-order valence-corrected chi connectivity index (χ3v) is 1.39. The van der Waals surface area contributed by atoms with Crippen LogP contribution in [0.15, 0.2) is 29.5 Å². The molecule has 1 aromatic rings. The van der Waals surface area contributed by atoms with Crippen LogP contribution < -0.4 is 11.3 Å². The smallest absolute Gasteiger partial charge is 0.152 e. The molecule has 0 fully saturated rings. The number of nitrogens with zero attached hydrogens (tertiary/aromatic N) is 2. The number of pyridine rings is 1. The van der Waals surface area contributed by atoms with Crippen molar-refractivity contribution in [2.45, 2.75) is 6.54 Å². The summed E-state index contributed by atoms with van der Waals surface area (Å²) in [6.07, 6.45) is 1.82. The summed E-state index contributed by atoms with van der Waals surface area (Å²) in [5.74, 6) is 5.10. The molecule has 1 heterocycles. The molecule has 4 heteroatoms. The Bertz CT molecular complexity index is 279. The highest BCUT2D eigenvalue weighted by Gasteiger charge is 1.88. The van der Waals surface area contributed by atoms with Crippen molar-refractivity contribution in [2.24, 2.45) is 10.9 Å². The van der Waals surface area contributed by atoms with Gasteiger partial charge in [-0.05, 0) is 12.1 Å². The summed E-state index contributed by atoms with van der Waals surface area (Å²) >= 11 is 0. The SMILES string of the molecule is N/N=c1\ccccn1CCO. The van der Waals surface area contributed by atoms with Crippen LogP contribution >= 0.6 is 0 Å². The highest BCUT2D eigenvalue weighted by Crippen LogP contribution is 1.80. The van der Waals surface area contributed by atoms with Gasteiger partial charge in [0.1, 0.15) is 0 Å². The summed E-state index contributed by atoms with van der Waals surface area (Å²) in [4.78, 5) is 0. The zero-order valence-corrected chi connectivity index (χ0v) is 6.14. The van der Waals surface area contributed by atoms with Gasteiger partial charge in [0, 0.05) is 12.7 Å². The largest absolute Gasteiger partial charge is 0.395 e. The van der Waals surface area contributed by atoms with Gasteiger partial charge in [-0.15, -0.1) is 0 Å². The number of aliphatic hydroxyl groups is 1. The number of hydrogen-bond acceptors (Lipinski definition) is 3. The summed E-state index contributed by atoms with van der Waals surface area (Å²) in [5.41, 5.74) is 0.668. The van der Waals surface area contributed by atoms with Crippen LogP contribution in [0.2, 0.25) is 0 Å². The number of hydrogen-bond donors (Lipinski definition) is 2. The molecule has 0 aromatic carbocycles. The molecule has 1 rings (SSSR count). The van der Waals surface area contributed by atoms with E-state index in [1.807, 2.05) is 18.3 Å². The Hall–Kier alpha value is -1.29. The van der Waals surface area contributed by atoms with Gasteiger partial charge in [-0.1, -0.05) is 6.07 Å². The van der Waals surface area contributed by atoms with E-state index in [4.69, 9.17) is 10.9 Å². The Morgan fingerprint density at radius 2 is 2.36 bits per heavy atom. The van der Waals surface area contributed by atoms with E-state index in [9.17, 15) is 0 Å². The second kappa shape index (κ2) is 3.78. The van der Waals surface area contributed by atoms with Gasteiger partial charge in [0.15, 0.2) is 5.49 Å². The standard InChI is InChI=1S/C7H11N3O/c8-9-7-3-1-2-4-10(7)5-6-11/h1-4,11H,5-6,8H2/b9-7+. The van der Waals surface area contributed by atoms with Crippen LogP contribution in [0.25, 0.3) is 0 Å². The molecule has 0 saturated carbocycles. The molecular formula is C7H11N3O. The first-order valence-electron chi connectivity index (χ1n) is 3.38. The molecular weight excluding hydrogens is 142 g/mol. The zero-order chi connectivity index (χ0) is 8.10. The Balaban J connectivity index is 3.03. The van der Waals surface area contributed by atoms with Crippen molar-refractivity contribution in [1.29, 1.82) is 0 Å². The monoisotopic (exact) mass is 153 g/mol. The van der Waals surface area contributed by atoms with Crippen LogP contribution in [0.3, 0.4) is 0 Å². The topological polar surface area (TPSA) is 63.5 Å². The Kier molecular flexibility index (Phi) is 2.68. The zero-order valence-electron chi connectivity index (χ0n) is 6.14. The van der Waals surface area contributed by atoms with Gasteiger partial charge in [0.2, 0.25) is 0 Å². The molecule has 0 unspecified atom stereocenters. The first-order chi connectivity index (χ1) is 5.38. The molecule has 0 bridgehead atoms. The van der Waals surface area contributed by atoms with Gasteiger partial charge in [0.25, 0.3) is 0 Å². The van der Waals surface area contributed by atoms with Gasteiger partial charge in [0.05, 0.1) is 6.61 Å². The lowest BCUT2D eigenvalue weighted by Gasteiger charge is -2.02. The summed E-state index contributed by atoms with van der Waals surface area (Å²) in [7, 11) is 0. The van der Waals surface area contributed by atoms with Crippen LogP contribution in [0.1, 0.15) is 0 Å². The molecule has 0 aliphatic rings. The molecule has 60 valence electrons. The maximum Gasteiger partial charge on any atom is 0.152 e. The predicted octanol–water partition coefficient (Wildman–Crippen LogP) is -0.745. The van der Waals surface area contributed by atoms with Gasteiger partial charge < -0.3 is 15.5 Å². The van der Waals surface area contributed by atoms with Crippen LogP contribution in [0.4, 0.5) is 0 Å². The van der Waals surface area contributed by atoms with Gasteiger partial charge >= 0.3 is 0 Å². The molecule has 1 aromatic heterocycles. The molecule has 0 atom stereocenters. The fourth-order valence-electron chi connectivity index (χ4n) is 0.881. The van der Waals surface area contributed by atoms with Crippen molar-refractivity contribution < 1.29 is 5.11 Å². The average molecular weight is 153 g/mol. The molecule has 0 aliphatic heterocycles. The maximum atomic E-state index is 8.64. The van der Waals surface area contributed by atoms with E-state index in [0.717, 1.165) is 0 Å². The van der Waals surface area contributed by atoms with E-state index in [2.05, 4.69) is 5.10 Å². The van der Waals surface area contributed by atoms with Crippen molar-refractivity contribution in [3.8, 4) is 0 Å². The lowest BCUT2D eigenvalue weighted by molar-refractivity contribution is 0.273. The van der Waals surface area contributed by atoms with Crippen molar-refractivity contribution in [3.05, 3.63) is 29.9 Å². The second-order valence-electron chi connectivity index (χ2n) is 2.10. The van der Waals surface area contributed by atoms with Crippen molar-refractivity contribution in [3.63, 3.8) is 0 Å². The Labute approximate surface area is 64.6 Å². The van der Waals surface area contributed by atoms with E-state index < -0.39 is 0 Å². The predicted molar refractivity (Wildman–Crippen MR) is 41.3 cm³/mol. The molecule has 0 amide bonds. The number of aliphatic hydroxyl groups excluding tert-OH is 1. The number of nitrogens with two attached hydrogens (primary N) is 1. The van der Waals surface area contributed by atoms with Crippen LogP contribution in [0, 0.1) is 0 Å². The summed E-state index contributed by atoms with van der Waals surface area (Å²) < 4.78 is 1.78. The molecule has 4 nitrogen and oxygen atoms in total. The Morgan fingerprint density at radius 3 is 3.00 bits per heavy atom. The summed E-state index contributed by atoms with van der Waals surface area (Å²) in [5, 5.41) is 12.2. The van der Waals surface area contributed by atoms with Gasteiger partial charge in [-0.3, -0.25) is 0 Å². The van der Waals surface area contributed by atoms with E-state index >= 15 is 0 Å². The first kappa shape index (κ1) is 7.81. The number of aromatic nitrogens is 1. The van der Waals surface area contributed by atoms with E-state index in [0.29, 0.717) is 12.0 Å². The van der Waals surface area contributed by atoms with Gasteiger partial charge in [-0.2, -0.15) is 5.10 Å². The first-order valence-corrected chi connectivity index (χ1v) is 3.38. The molecule has 3 N–H and O–H groups in total. The lowest BCUT2D eigenvalue weighted by Crippen LogP contribution is -2.22. The van der Waals surface area contributed by atoms with Gasteiger partial charge in [-0.25, -0.2) is 0 Å². The summed E-state index contributed by atoms with van der Waals surface area (Å²) in [6, 6.07) is 5.50. The number of rotatable bonds is 2. The van der Waals surface area contributed by atoms with Crippen molar-refractivity contribution in [1.82, 2.24) is 4.57 Å². The van der Waals surface area contributed by atoms with Crippen molar-refractivity contribution in [2.75, 3.05) is 6.61 Å². The average Bonchev–Trinajstić information content (AvgIpc) is 2.06. The molecule has 0 saturated heterocycles. The second-order valence-corrected chi connectivity index (χ2v) is 2.10. The fourth-order valence-corrected chi connectivity index (χ4v) is 0.881. The third-order valence-electron chi connectivity index (χ3n) is 1.39. The quantitative estimate of drug-likeness (QED) is 0.434.